The third-order valence-corrected chi connectivity index (χ3v) is 4.86. The summed E-state index contributed by atoms with van der Waals surface area (Å²) < 4.78 is 18.8. The van der Waals surface area contributed by atoms with Crippen LogP contribution < -0.4 is 0 Å². The van der Waals surface area contributed by atoms with E-state index in [9.17, 15) is 19.1 Å². The molecule has 0 bridgehead atoms. The van der Waals surface area contributed by atoms with E-state index in [4.69, 9.17) is 4.74 Å². The second-order valence-corrected chi connectivity index (χ2v) is 6.80. The highest BCUT2D eigenvalue weighted by atomic mass is 19.1. The molecule has 1 N–H and O–H groups in total. The summed E-state index contributed by atoms with van der Waals surface area (Å²) in [6, 6.07) is 11.4. The fourth-order valence-electron chi connectivity index (χ4n) is 3.14. The molecule has 0 spiro atoms. The van der Waals surface area contributed by atoms with Crippen LogP contribution in [0.5, 0.6) is 5.75 Å². The maximum atomic E-state index is 13.8. The standard InChI is InChI=1S/C21H23FN2O4/c1-15-5-4-7-17(20(15)26)21(27)28-14-19(25)24-11-9-23(10-12-24)13-16-6-2-3-8-18(16)22/h2-8,26H,9-14H2,1H3. The minimum Gasteiger partial charge on any atom is -0.507 e. The molecule has 1 saturated heterocycles. The minimum absolute atomic E-state index is 0.0440. The third kappa shape index (κ3) is 4.67. The van der Waals surface area contributed by atoms with Gasteiger partial charge < -0.3 is 14.7 Å². The molecule has 1 amide bonds. The lowest BCUT2D eigenvalue weighted by atomic mass is 10.1. The van der Waals surface area contributed by atoms with E-state index in [1.807, 2.05) is 0 Å². The predicted octanol–water partition coefficient (Wildman–Crippen LogP) is 2.34. The van der Waals surface area contributed by atoms with Gasteiger partial charge in [0.05, 0.1) is 0 Å². The Labute approximate surface area is 163 Å². The third-order valence-electron chi connectivity index (χ3n) is 4.86. The lowest BCUT2D eigenvalue weighted by Gasteiger charge is -2.34. The van der Waals surface area contributed by atoms with E-state index in [-0.39, 0.29) is 29.6 Å². The van der Waals surface area contributed by atoms with Gasteiger partial charge in [-0.15, -0.1) is 0 Å². The molecule has 1 fully saturated rings. The SMILES string of the molecule is Cc1cccc(C(=O)OCC(=O)N2CCN(Cc3ccccc3F)CC2)c1O. The van der Waals surface area contributed by atoms with Crippen LogP contribution in [0.3, 0.4) is 0 Å². The van der Waals surface area contributed by atoms with Crippen LogP contribution in [-0.4, -0.2) is 59.6 Å². The van der Waals surface area contributed by atoms with Gasteiger partial charge in [-0.2, -0.15) is 0 Å². The van der Waals surface area contributed by atoms with Gasteiger partial charge in [0.2, 0.25) is 0 Å². The highest BCUT2D eigenvalue weighted by Gasteiger charge is 2.23. The number of amides is 1. The van der Waals surface area contributed by atoms with Gasteiger partial charge in [-0.25, -0.2) is 9.18 Å². The molecule has 1 aliphatic heterocycles. The maximum absolute atomic E-state index is 13.8. The van der Waals surface area contributed by atoms with Gasteiger partial charge in [-0.1, -0.05) is 30.3 Å². The molecule has 0 radical (unpaired) electrons. The lowest BCUT2D eigenvalue weighted by molar-refractivity contribution is -0.136. The molecule has 148 valence electrons. The summed E-state index contributed by atoms with van der Waals surface area (Å²) in [5.41, 5.74) is 1.24. The highest BCUT2D eigenvalue weighted by molar-refractivity contribution is 5.94. The number of benzene rings is 2. The first-order valence-electron chi connectivity index (χ1n) is 9.15. The first kappa shape index (κ1) is 19.8. The fourth-order valence-corrected chi connectivity index (χ4v) is 3.14. The van der Waals surface area contributed by atoms with E-state index in [0.717, 1.165) is 0 Å². The number of aromatic hydroxyl groups is 1. The van der Waals surface area contributed by atoms with Crippen molar-refractivity contribution in [1.29, 1.82) is 0 Å². The number of esters is 1. The van der Waals surface area contributed by atoms with Gasteiger partial charge in [0.15, 0.2) is 6.61 Å². The fraction of sp³-hybridized carbons (Fsp3) is 0.333. The second kappa shape index (κ2) is 8.84. The molecule has 7 heteroatoms. The van der Waals surface area contributed by atoms with Crippen molar-refractivity contribution in [2.24, 2.45) is 0 Å². The molecular formula is C21H23FN2O4. The molecule has 0 saturated carbocycles. The molecule has 1 aliphatic rings. The van der Waals surface area contributed by atoms with Gasteiger partial charge in [0, 0.05) is 38.3 Å². The smallest absolute Gasteiger partial charge is 0.342 e. The number of rotatable bonds is 5. The molecule has 1 heterocycles. The summed E-state index contributed by atoms with van der Waals surface area (Å²) in [7, 11) is 0. The van der Waals surface area contributed by atoms with Gasteiger partial charge in [-0.3, -0.25) is 9.69 Å². The largest absolute Gasteiger partial charge is 0.507 e. The summed E-state index contributed by atoms with van der Waals surface area (Å²) in [6.07, 6.45) is 0. The van der Waals surface area contributed by atoms with E-state index in [2.05, 4.69) is 4.90 Å². The number of aryl methyl sites for hydroxylation is 1. The summed E-state index contributed by atoms with van der Waals surface area (Å²) >= 11 is 0. The zero-order valence-corrected chi connectivity index (χ0v) is 15.7. The summed E-state index contributed by atoms with van der Waals surface area (Å²) in [6.45, 7) is 4.01. The Bertz CT molecular complexity index is 863. The van der Waals surface area contributed by atoms with Crippen molar-refractivity contribution in [2.45, 2.75) is 13.5 Å². The normalized spacial score (nSPS) is 14.7. The molecule has 0 aromatic heterocycles. The molecule has 2 aromatic carbocycles. The second-order valence-electron chi connectivity index (χ2n) is 6.80. The summed E-state index contributed by atoms with van der Waals surface area (Å²) in [5.74, 6) is -1.38. The van der Waals surface area contributed by atoms with Gasteiger partial charge in [0.25, 0.3) is 5.91 Å². The van der Waals surface area contributed by atoms with Crippen molar-refractivity contribution < 1.29 is 23.8 Å². The van der Waals surface area contributed by atoms with E-state index in [0.29, 0.717) is 43.9 Å². The maximum Gasteiger partial charge on any atom is 0.342 e. The van der Waals surface area contributed by atoms with Crippen LogP contribution in [0.4, 0.5) is 4.39 Å². The molecule has 28 heavy (non-hydrogen) atoms. The number of ether oxygens (including phenoxy) is 1. The number of halogens is 1. The first-order valence-corrected chi connectivity index (χ1v) is 9.15. The topological polar surface area (TPSA) is 70.1 Å². The molecular weight excluding hydrogens is 363 g/mol. The van der Waals surface area contributed by atoms with E-state index in [1.54, 1.807) is 42.2 Å². The van der Waals surface area contributed by atoms with Gasteiger partial charge in [0.1, 0.15) is 17.1 Å². The lowest BCUT2D eigenvalue weighted by Crippen LogP contribution is -2.49. The molecule has 2 aromatic rings. The van der Waals surface area contributed by atoms with Crippen molar-refractivity contribution in [2.75, 3.05) is 32.8 Å². The Kier molecular flexibility index (Phi) is 6.26. The van der Waals surface area contributed by atoms with Crippen molar-refractivity contribution in [3.8, 4) is 5.75 Å². The Balaban J connectivity index is 1.47. The average Bonchev–Trinajstić information content (AvgIpc) is 2.70. The number of hydrogen-bond acceptors (Lipinski definition) is 5. The Hall–Kier alpha value is -2.93. The molecule has 6 nitrogen and oxygen atoms in total. The number of carbonyl (C=O) groups is 2. The molecule has 0 aliphatic carbocycles. The van der Waals surface area contributed by atoms with Crippen LogP contribution in [0.2, 0.25) is 0 Å². The van der Waals surface area contributed by atoms with Gasteiger partial charge >= 0.3 is 5.97 Å². The van der Waals surface area contributed by atoms with E-state index in [1.165, 1.54) is 12.1 Å². The Morgan fingerprint density at radius 2 is 1.79 bits per heavy atom. The number of carbonyl (C=O) groups excluding carboxylic acids is 2. The number of piperazine rings is 1. The quantitative estimate of drug-likeness (QED) is 0.799. The van der Waals surface area contributed by atoms with Crippen LogP contribution in [-0.2, 0) is 16.1 Å². The average molecular weight is 386 g/mol. The number of phenolic OH excluding ortho intramolecular Hbond substituents is 1. The zero-order chi connectivity index (χ0) is 20.1. The highest BCUT2D eigenvalue weighted by Crippen LogP contribution is 2.22. The minimum atomic E-state index is -0.729. The summed E-state index contributed by atoms with van der Waals surface area (Å²) in [5, 5.41) is 9.92. The number of para-hydroxylation sites is 1. The number of phenols is 1. The Morgan fingerprint density at radius 3 is 2.50 bits per heavy atom. The van der Waals surface area contributed by atoms with Crippen LogP contribution in [0, 0.1) is 12.7 Å². The van der Waals surface area contributed by atoms with E-state index >= 15 is 0 Å². The van der Waals surface area contributed by atoms with Crippen LogP contribution >= 0.6 is 0 Å². The Morgan fingerprint density at radius 1 is 1.07 bits per heavy atom. The van der Waals surface area contributed by atoms with Crippen LogP contribution in [0.15, 0.2) is 42.5 Å². The molecule has 3 rings (SSSR count). The van der Waals surface area contributed by atoms with Crippen molar-refractivity contribution in [1.82, 2.24) is 9.80 Å². The first-order chi connectivity index (χ1) is 13.5. The number of hydrogen-bond donors (Lipinski definition) is 1. The molecule has 0 unspecified atom stereocenters. The van der Waals surface area contributed by atoms with Crippen molar-refractivity contribution >= 4 is 11.9 Å². The van der Waals surface area contributed by atoms with Crippen molar-refractivity contribution in [3.63, 3.8) is 0 Å². The number of nitrogens with zero attached hydrogens (tertiary/aromatic N) is 2. The monoisotopic (exact) mass is 386 g/mol. The summed E-state index contributed by atoms with van der Waals surface area (Å²) in [4.78, 5) is 28.1. The van der Waals surface area contributed by atoms with Gasteiger partial charge in [-0.05, 0) is 24.6 Å². The molecule has 0 atom stereocenters. The van der Waals surface area contributed by atoms with Crippen LogP contribution in [0.25, 0.3) is 0 Å². The predicted molar refractivity (Wildman–Crippen MR) is 101 cm³/mol. The van der Waals surface area contributed by atoms with Crippen molar-refractivity contribution in [3.05, 3.63) is 65.0 Å². The van der Waals surface area contributed by atoms with Crippen LogP contribution in [0.1, 0.15) is 21.5 Å². The zero-order valence-electron chi connectivity index (χ0n) is 15.7. The van der Waals surface area contributed by atoms with E-state index < -0.39 is 5.97 Å².